The molecule has 0 spiro atoms. The van der Waals surface area contributed by atoms with Crippen molar-refractivity contribution in [3.05, 3.63) is 89.9 Å². The third-order valence-corrected chi connectivity index (χ3v) is 7.36. The van der Waals surface area contributed by atoms with Gasteiger partial charge < -0.3 is 4.74 Å². The highest BCUT2D eigenvalue weighted by atomic mass is 32.2. The number of aromatic nitrogens is 3. The number of pyridine rings is 1. The molecule has 6 rings (SSSR count). The van der Waals surface area contributed by atoms with E-state index in [0.717, 1.165) is 27.7 Å². The van der Waals surface area contributed by atoms with Crippen LogP contribution in [-0.2, 0) is 4.79 Å². The smallest absolute Gasteiger partial charge is 0.406 e. The number of amidine groups is 1. The number of amides is 1. The van der Waals surface area contributed by atoms with Gasteiger partial charge in [-0.25, -0.2) is 9.98 Å². The Kier molecular flexibility index (Phi) is 6.70. The molecule has 2 aromatic heterocycles. The van der Waals surface area contributed by atoms with E-state index in [1.165, 1.54) is 41.0 Å². The zero-order chi connectivity index (χ0) is 28.7. The van der Waals surface area contributed by atoms with Crippen LogP contribution in [-0.4, -0.2) is 48.9 Å². The average molecular weight is 575 g/mol. The second-order valence-electron chi connectivity index (χ2n) is 9.30. The van der Waals surface area contributed by atoms with Crippen LogP contribution >= 0.6 is 11.8 Å². The van der Waals surface area contributed by atoms with E-state index in [1.807, 2.05) is 50.2 Å². The van der Waals surface area contributed by atoms with Crippen molar-refractivity contribution in [2.24, 2.45) is 10.1 Å². The topological polar surface area (TPSA) is 85.0 Å². The molecule has 1 saturated heterocycles. The summed E-state index contributed by atoms with van der Waals surface area (Å²) >= 11 is 1.34. The van der Waals surface area contributed by atoms with Crippen molar-refractivity contribution >= 4 is 56.7 Å². The molecule has 0 aliphatic carbocycles. The number of benzene rings is 3. The molecule has 3 aromatic carbocycles. The van der Waals surface area contributed by atoms with Crippen molar-refractivity contribution in [3.63, 3.8) is 0 Å². The van der Waals surface area contributed by atoms with E-state index in [1.54, 1.807) is 23.3 Å². The Balaban J connectivity index is 1.27. The van der Waals surface area contributed by atoms with E-state index < -0.39 is 6.36 Å². The molecule has 8 nitrogen and oxygen atoms in total. The number of fused-ring (bicyclic) bond motifs is 3. The van der Waals surface area contributed by atoms with Crippen molar-refractivity contribution in [2.75, 3.05) is 5.75 Å². The van der Waals surface area contributed by atoms with E-state index in [9.17, 15) is 18.0 Å². The summed E-state index contributed by atoms with van der Waals surface area (Å²) in [6, 6.07) is 17.1. The molecule has 41 heavy (non-hydrogen) atoms. The van der Waals surface area contributed by atoms with Gasteiger partial charge in [0, 0.05) is 22.8 Å². The number of hydrogen-bond donors (Lipinski definition) is 0. The number of imidazole rings is 1. The van der Waals surface area contributed by atoms with Crippen molar-refractivity contribution in [1.29, 1.82) is 0 Å². The van der Waals surface area contributed by atoms with E-state index in [-0.39, 0.29) is 17.4 Å². The highest BCUT2D eigenvalue weighted by molar-refractivity contribution is 8.15. The van der Waals surface area contributed by atoms with Crippen LogP contribution in [0.2, 0.25) is 0 Å². The summed E-state index contributed by atoms with van der Waals surface area (Å²) in [5, 5.41) is 7.06. The first-order valence-corrected chi connectivity index (χ1v) is 13.4. The lowest BCUT2D eigenvalue weighted by Crippen LogP contribution is -2.23. The predicted molar refractivity (Wildman–Crippen MR) is 153 cm³/mol. The van der Waals surface area contributed by atoms with E-state index >= 15 is 0 Å². The number of aryl methyl sites for hydroxylation is 2. The van der Waals surface area contributed by atoms with Crippen LogP contribution in [0.1, 0.15) is 16.7 Å². The monoisotopic (exact) mass is 574 g/mol. The van der Waals surface area contributed by atoms with Crippen LogP contribution in [0, 0.1) is 13.8 Å². The number of nitrogens with zero attached hydrogens (tertiary/aromatic N) is 6. The minimum absolute atomic E-state index is 0.157. The van der Waals surface area contributed by atoms with Gasteiger partial charge in [-0.2, -0.15) is 10.1 Å². The van der Waals surface area contributed by atoms with Gasteiger partial charge in [-0.05, 0) is 61.4 Å². The molecule has 0 unspecified atom stereocenters. The number of aliphatic imine (C=N–C) groups is 1. The molecule has 1 fully saturated rings. The van der Waals surface area contributed by atoms with Crippen molar-refractivity contribution in [1.82, 2.24) is 19.5 Å². The molecule has 12 heteroatoms. The quantitative estimate of drug-likeness (QED) is 0.219. The Morgan fingerprint density at radius 3 is 2.49 bits per heavy atom. The lowest BCUT2D eigenvalue weighted by molar-refractivity contribution is -0.274. The number of thioether (sulfide) groups is 1. The molecule has 0 N–H and O–H groups in total. The largest absolute Gasteiger partial charge is 0.573 e. The first-order chi connectivity index (χ1) is 19.7. The first-order valence-electron chi connectivity index (χ1n) is 12.4. The minimum atomic E-state index is -4.75. The molecule has 1 aliphatic rings. The van der Waals surface area contributed by atoms with Crippen LogP contribution in [0.4, 0.5) is 18.9 Å². The van der Waals surface area contributed by atoms with E-state index in [0.29, 0.717) is 27.5 Å². The predicted octanol–water partition coefficient (Wildman–Crippen LogP) is 6.69. The summed E-state index contributed by atoms with van der Waals surface area (Å²) in [5.41, 5.74) is 6.19. The summed E-state index contributed by atoms with van der Waals surface area (Å²) in [5.74, 6) is -0.199. The van der Waals surface area contributed by atoms with Gasteiger partial charge in [0.25, 0.3) is 5.91 Å². The van der Waals surface area contributed by atoms with Gasteiger partial charge in [0.1, 0.15) is 17.6 Å². The minimum Gasteiger partial charge on any atom is -0.406 e. The summed E-state index contributed by atoms with van der Waals surface area (Å²) in [6.07, 6.45) is 0.0540. The van der Waals surface area contributed by atoms with Crippen LogP contribution in [0.15, 0.2) is 83.3 Å². The fourth-order valence-corrected chi connectivity index (χ4v) is 5.33. The zero-order valence-corrected chi connectivity index (χ0v) is 22.6. The van der Waals surface area contributed by atoms with Gasteiger partial charge in [0.2, 0.25) is 0 Å². The van der Waals surface area contributed by atoms with Crippen LogP contribution in [0.3, 0.4) is 0 Å². The second kappa shape index (κ2) is 10.4. The number of ether oxygens (including phenoxy) is 1. The third-order valence-electron chi connectivity index (χ3n) is 6.45. The average Bonchev–Trinajstić information content (AvgIpc) is 3.52. The maximum Gasteiger partial charge on any atom is 0.573 e. The Hall–Kier alpha value is -4.71. The molecule has 1 aliphatic heterocycles. The molecule has 3 heterocycles. The number of halogens is 3. The van der Waals surface area contributed by atoms with E-state index in [4.69, 9.17) is 4.99 Å². The van der Waals surface area contributed by atoms with Crippen molar-refractivity contribution in [2.45, 2.75) is 20.2 Å². The summed E-state index contributed by atoms with van der Waals surface area (Å²) in [6.45, 7) is 3.96. The summed E-state index contributed by atoms with van der Waals surface area (Å²) in [4.78, 5) is 26.4. The second-order valence-corrected chi connectivity index (χ2v) is 10.2. The Morgan fingerprint density at radius 1 is 1.00 bits per heavy atom. The van der Waals surface area contributed by atoms with Gasteiger partial charge in [-0.1, -0.05) is 36.0 Å². The summed E-state index contributed by atoms with van der Waals surface area (Å²) < 4.78 is 43.2. The number of para-hydroxylation sites is 1. The number of carbonyl (C=O) groups excluding carboxylic acids is 1. The van der Waals surface area contributed by atoms with Gasteiger partial charge >= 0.3 is 6.36 Å². The first kappa shape index (κ1) is 26.5. The van der Waals surface area contributed by atoms with Gasteiger partial charge in [-0.3, -0.25) is 14.3 Å². The number of alkyl halides is 3. The van der Waals surface area contributed by atoms with Gasteiger partial charge in [0.05, 0.1) is 28.7 Å². The van der Waals surface area contributed by atoms with Gasteiger partial charge in [-0.15, -0.1) is 13.2 Å². The molecule has 1 amide bonds. The molecule has 0 saturated carbocycles. The molecule has 0 bridgehead atoms. The third kappa shape index (κ3) is 5.38. The molecule has 0 atom stereocenters. The molecule has 206 valence electrons. The van der Waals surface area contributed by atoms with Crippen LogP contribution in [0.25, 0.3) is 27.6 Å². The lowest BCUT2D eigenvalue weighted by Gasteiger charge is -2.11. The number of hydrogen-bond acceptors (Lipinski definition) is 7. The summed E-state index contributed by atoms with van der Waals surface area (Å²) in [7, 11) is 0. The fraction of sp³-hybridized carbons (Fsp3) is 0.138. The van der Waals surface area contributed by atoms with Crippen molar-refractivity contribution in [3.8, 4) is 11.4 Å². The van der Waals surface area contributed by atoms with Crippen molar-refractivity contribution < 1.29 is 22.7 Å². The lowest BCUT2D eigenvalue weighted by atomic mass is 10.1. The number of hydrazone groups is 1. The molecule has 0 radical (unpaired) electrons. The highest BCUT2D eigenvalue weighted by Gasteiger charge is 2.31. The number of rotatable bonds is 5. The number of carbonyl (C=O) groups is 1. The SMILES string of the molecule is Cc1cccc(C)c1N=C1SCC(=O)N1/N=C/c1cnc2c(ccc3c2ncn3-c2ccc(OC(F)(F)F)cc2)c1. The van der Waals surface area contributed by atoms with Crippen LogP contribution < -0.4 is 4.74 Å². The normalized spacial score (nSPS) is 15.2. The Bertz CT molecular complexity index is 1840. The Labute approximate surface area is 236 Å². The molecule has 5 aromatic rings. The molecular weight excluding hydrogens is 553 g/mol. The maximum absolute atomic E-state index is 12.6. The van der Waals surface area contributed by atoms with E-state index in [2.05, 4.69) is 19.8 Å². The van der Waals surface area contributed by atoms with Crippen LogP contribution in [0.5, 0.6) is 5.75 Å². The maximum atomic E-state index is 12.6. The Morgan fingerprint density at radius 2 is 1.76 bits per heavy atom. The highest BCUT2D eigenvalue weighted by Crippen LogP contribution is 2.30. The fourth-order valence-electron chi connectivity index (χ4n) is 4.53. The zero-order valence-electron chi connectivity index (χ0n) is 21.8. The molecular formula is C29H21F3N6O2S. The standard InChI is InChI=1S/C29H21F3N6O2S/c1-17-4-3-5-18(2)25(17)36-28-38(24(39)15-41-28)35-14-19-12-20-6-11-23-27(26(20)33-13-19)34-16-37(23)21-7-9-22(10-8-21)40-29(30,31)32/h3-14,16H,15H2,1-2H3/b35-14+,36-28?. The van der Waals surface area contributed by atoms with Gasteiger partial charge in [0.15, 0.2) is 5.17 Å².